The molecule has 0 N–H and O–H groups in total. The number of carbonyl (C=O) groups is 1. The number of nitrogens with zero attached hydrogens (tertiary/aromatic N) is 1. The second-order valence-electron chi connectivity index (χ2n) is 4.38. The third-order valence-corrected chi connectivity index (χ3v) is 4.34. The summed E-state index contributed by atoms with van der Waals surface area (Å²) in [6.07, 6.45) is 3.56. The van der Waals surface area contributed by atoms with Crippen LogP contribution in [0.3, 0.4) is 0 Å². The molecule has 1 aliphatic rings. The molecule has 1 heterocycles. The van der Waals surface area contributed by atoms with Crippen LogP contribution in [0.15, 0.2) is 6.07 Å². The maximum Gasteiger partial charge on any atom is 0.263 e. The van der Waals surface area contributed by atoms with Crippen molar-refractivity contribution in [3.63, 3.8) is 0 Å². The molecular formula is C12H16BrNOS. The first-order chi connectivity index (χ1) is 7.58. The Morgan fingerprint density at radius 2 is 2.38 bits per heavy atom. The monoisotopic (exact) mass is 301 g/mol. The van der Waals surface area contributed by atoms with Gasteiger partial charge in [0.1, 0.15) is 0 Å². The largest absolute Gasteiger partial charge is 0.340 e. The summed E-state index contributed by atoms with van der Waals surface area (Å²) in [5, 5.41) is 0. The SMILES string of the molecule is CC(Br)CN(C)C(=O)c1cc2c(s1)CCC2. The van der Waals surface area contributed by atoms with Crippen molar-refractivity contribution in [1.29, 1.82) is 0 Å². The van der Waals surface area contributed by atoms with Crippen LogP contribution in [0, 0.1) is 0 Å². The van der Waals surface area contributed by atoms with Crippen molar-refractivity contribution < 1.29 is 4.79 Å². The van der Waals surface area contributed by atoms with Crippen LogP contribution >= 0.6 is 27.3 Å². The number of aryl methyl sites for hydroxylation is 2. The molecule has 1 aromatic heterocycles. The van der Waals surface area contributed by atoms with Gasteiger partial charge in [-0.3, -0.25) is 4.79 Å². The van der Waals surface area contributed by atoms with Gasteiger partial charge in [-0.1, -0.05) is 22.9 Å². The lowest BCUT2D eigenvalue weighted by Gasteiger charge is -2.17. The minimum atomic E-state index is 0.158. The van der Waals surface area contributed by atoms with Crippen LogP contribution in [0.1, 0.15) is 33.5 Å². The topological polar surface area (TPSA) is 20.3 Å². The van der Waals surface area contributed by atoms with Gasteiger partial charge < -0.3 is 4.90 Å². The molecule has 0 radical (unpaired) electrons. The fourth-order valence-corrected chi connectivity index (χ4v) is 3.77. The van der Waals surface area contributed by atoms with Crippen molar-refractivity contribution in [2.24, 2.45) is 0 Å². The highest BCUT2D eigenvalue weighted by molar-refractivity contribution is 9.09. The predicted molar refractivity (Wildman–Crippen MR) is 71.7 cm³/mol. The lowest BCUT2D eigenvalue weighted by atomic mass is 10.2. The number of alkyl halides is 1. The van der Waals surface area contributed by atoms with Crippen LogP contribution in [0.4, 0.5) is 0 Å². The Hall–Kier alpha value is -0.350. The molecule has 0 fully saturated rings. The highest BCUT2D eigenvalue weighted by Crippen LogP contribution is 2.31. The molecule has 0 aliphatic heterocycles. The molecule has 16 heavy (non-hydrogen) atoms. The Bertz CT molecular complexity index is 378. The number of hydrogen-bond acceptors (Lipinski definition) is 2. The van der Waals surface area contributed by atoms with Gasteiger partial charge in [-0.15, -0.1) is 11.3 Å². The zero-order chi connectivity index (χ0) is 11.7. The number of rotatable bonds is 3. The molecule has 88 valence electrons. The van der Waals surface area contributed by atoms with Crippen molar-refractivity contribution in [2.45, 2.75) is 31.0 Å². The molecule has 2 nitrogen and oxygen atoms in total. The second kappa shape index (κ2) is 4.88. The average molecular weight is 302 g/mol. The minimum Gasteiger partial charge on any atom is -0.340 e. The molecule has 1 aromatic rings. The summed E-state index contributed by atoms with van der Waals surface area (Å²) >= 11 is 5.15. The summed E-state index contributed by atoms with van der Waals surface area (Å²) in [5.74, 6) is 0.158. The van der Waals surface area contributed by atoms with E-state index in [0.717, 1.165) is 24.3 Å². The first kappa shape index (κ1) is 12.1. The number of hydrogen-bond donors (Lipinski definition) is 0. The lowest BCUT2D eigenvalue weighted by molar-refractivity contribution is 0.0802. The van der Waals surface area contributed by atoms with Gasteiger partial charge in [0.25, 0.3) is 5.91 Å². The Morgan fingerprint density at radius 1 is 1.62 bits per heavy atom. The molecule has 1 unspecified atom stereocenters. The van der Waals surface area contributed by atoms with E-state index in [1.807, 2.05) is 7.05 Å². The van der Waals surface area contributed by atoms with Crippen LogP contribution < -0.4 is 0 Å². The quantitative estimate of drug-likeness (QED) is 0.786. The Labute approximate surface area is 109 Å². The van der Waals surface area contributed by atoms with E-state index in [1.165, 1.54) is 16.9 Å². The van der Waals surface area contributed by atoms with Crippen LogP contribution in [0.5, 0.6) is 0 Å². The normalized spacial score (nSPS) is 15.9. The van der Waals surface area contributed by atoms with E-state index in [-0.39, 0.29) is 5.91 Å². The van der Waals surface area contributed by atoms with E-state index in [2.05, 4.69) is 28.9 Å². The van der Waals surface area contributed by atoms with Gasteiger partial charge in [0, 0.05) is 23.3 Å². The summed E-state index contributed by atoms with van der Waals surface area (Å²) in [4.78, 5) is 16.6. The standard InChI is InChI=1S/C12H16BrNOS/c1-8(13)7-14(2)12(15)11-6-9-4-3-5-10(9)16-11/h6,8H,3-5,7H2,1-2H3. The van der Waals surface area contributed by atoms with Gasteiger partial charge in [0.05, 0.1) is 4.88 Å². The van der Waals surface area contributed by atoms with E-state index in [0.29, 0.717) is 4.83 Å². The first-order valence-electron chi connectivity index (χ1n) is 5.59. The molecule has 4 heteroatoms. The molecule has 2 rings (SSSR count). The van der Waals surface area contributed by atoms with Crippen LogP contribution in [0.2, 0.25) is 0 Å². The van der Waals surface area contributed by atoms with E-state index >= 15 is 0 Å². The molecule has 0 spiro atoms. The van der Waals surface area contributed by atoms with Crippen molar-refractivity contribution in [3.8, 4) is 0 Å². The Morgan fingerprint density at radius 3 is 3.00 bits per heavy atom. The van der Waals surface area contributed by atoms with E-state index in [4.69, 9.17) is 0 Å². The highest BCUT2D eigenvalue weighted by atomic mass is 79.9. The number of carbonyl (C=O) groups excluding carboxylic acids is 1. The van der Waals surface area contributed by atoms with E-state index < -0.39 is 0 Å². The summed E-state index contributed by atoms with van der Waals surface area (Å²) < 4.78 is 0. The van der Waals surface area contributed by atoms with Crippen molar-refractivity contribution >= 4 is 33.2 Å². The van der Waals surface area contributed by atoms with Crippen molar-refractivity contribution in [3.05, 3.63) is 21.4 Å². The molecule has 0 bridgehead atoms. The van der Waals surface area contributed by atoms with Gasteiger partial charge in [0.2, 0.25) is 0 Å². The zero-order valence-electron chi connectivity index (χ0n) is 9.62. The maximum atomic E-state index is 12.1. The smallest absolute Gasteiger partial charge is 0.263 e. The molecule has 0 aromatic carbocycles. The van der Waals surface area contributed by atoms with Gasteiger partial charge in [-0.05, 0) is 30.9 Å². The molecule has 1 atom stereocenters. The molecular weight excluding hydrogens is 286 g/mol. The zero-order valence-corrected chi connectivity index (χ0v) is 12.0. The third kappa shape index (κ3) is 2.48. The first-order valence-corrected chi connectivity index (χ1v) is 7.32. The predicted octanol–water partition coefficient (Wildman–Crippen LogP) is 3.09. The Kier molecular flexibility index (Phi) is 3.70. The summed E-state index contributed by atoms with van der Waals surface area (Å²) in [6, 6.07) is 2.09. The van der Waals surface area contributed by atoms with Crippen LogP contribution in [0.25, 0.3) is 0 Å². The van der Waals surface area contributed by atoms with Crippen molar-refractivity contribution in [2.75, 3.05) is 13.6 Å². The summed E-state index contributed by atoms with van der Waals surface area (Å²) in [7, 11) is 1.87. The molecule has 0 saturated heterocycles. The maximum absolute atomic E-state index is 12.1. The molecule has 1 aliphatic carbocycles. The van der Waals surface area contributed by atoms with Gasteiger partial charge in [0.15, 0.2) is 0 Å². The van der Waals surface area contributed by atoms with Crippen LogP contribution in [-0.4, -0.2) is 29.2 Å². The van der Waals surface area contributed by atoms with Gasteiger partial charge in [-0.25, -0.2) is 0 Å². The second-order valence-corrected chi connectivity index (χ2v) is 7.08. The van der Waals surface area contributed by atoms with E-state index in [1.54, 1.807) is 16.2 Å². The third-order valence-electron chi connectivity index (χ3n) is 2.83. The van der Waals surface area contributed by atoms with E-state index in [9.17, 15) is 4.79 Å². The van der Waals surface area contributed by atoms with Crippen molar-refractivity contribution in [1.82, 2.24) is 4.90 Å². The number of fused-ring (bicyclic) bond motifs is 1. The summed E-state index contributed by atoms with van der Waals surface area (Å²) in [5.41, 5.74) is 1.40. The van der Waals surface area contributed by atoms with Crippen LogP contribution in [-0.2, 0) is 12.8 Å². The van der Waals surface area contributed by atoms with Gasteiger partial charge >= 0.3 is 0 Å². The van der Waals surface area contributed by atoms with Gasteiger partial charge in [-0.2, -0.15) is 0 Å². The number of halogens is 1. The number of thiophene rings is 1. The highest BCUT2D eigenvalue weighted by Gasteiger charge is 2.20. The Balaban J connectivity index is 2.09. The fraction of sp³-hybridized carbons (Fsp3) is 0.583. The lowest BCUT2D eigenvalue weighted by Crippen LogP contribution is -2.30. The summed E-state index contributed by atoms with van der Waals surface area (Å²) in [6.45, 7) is 2.81. The number of amides is 1. The molecule has 0 saturated carbocycles. The minimum absolute atomic E-state index is 0.158. The molecule has 1 amide bonds. The average Bonchev–Trinajstić information content (AvgIpc) is 2.74. The fourth-order valence-electron chi connectivity index (χ4n) is 2.08.